The van der Waals surface area contributed by atoms with Gasteiger partial charge in [0, 0.05) is 24.8 Å². The van der Waals surface area contributed by atoms with Crippen LogP contribution in [0, 0.1) is 0 Å². The van der Waals surface area contributed by atoms with E-state index in [-0.39, 0.29) is 23.9 Å². The molecular formula is C19H27N3O3S. The van der Waals surface area contributed by atoms with Gasteiger partial charge >= 0.3 is 6.03 Å². The number of nitrogens with one attached hydrogen (secondary N) is 2. The zero-order chi connectivity index (χ0) is 18.3. The third kappa shape index (κ3) is 3.28. The third-order valence-electron chi connectivity index (χ3n) is 5.97. The van der Waals surface area contributed by atoms with Crippen molar-refractivity contribution in [2.24, 2.45) is 0 Å². The third-order valence-corrected chi connectivity index (χ3v) is 7.26. The average molecular weight is 378 g/mol. The largest absolute Gasteiger partial charge is 0.395 e. The van der Waals surface area contributed by atoms with Crippen molar-refractivity contribution in [3.8, 4) is 0 Å². The van der Waals surface area contributed by atoms with Crippen LogP contribution in [0.25, 0.3) is 0 Å². The standard InChI is InChI=1S/C19H27N3O3S/c1-12(11-23)22-9-15(10-22)26(25)21-19(24)20-18-16-6-2-4-13(16)8-14-5-3-7-17(14)18/h8,12,15,23H,2-7,9-11H2,1H3,(H2,20,21,24). The number of aliphatic hydroxyl groups is 1. The molecule has 1 aliphatic heterocycles. The van der Waals surface area contributed by atoms with Crippen LogP contribution >= 0.6 is 0 Å². The van der Waals surface area contributed by atoms with Crippen LogP contribution in [0.4, 0.5) is 10.5 Å². The van der Waals surface area contributed by atoms with Crippen LogP contribution in [-0.2, 0) is 36.7 Å². The molecule has 142 valence electrons. The molecule has 26 heavy (non-hydrogen) atoms. The lowest BCUT2D eigenvalue weighted by Crippen LogP contribution is -2.59. The number of aliphatic hydroxyl groups excluding tert-OH is 1. The van der Waals surface area contributed by atoms with Crippen molar-refractivity contribution in [2.75, 3.05) is 25.0 Å². The summed E-state index contributed by atoms with van der Waals surface area (Å²) in [5, 5.41) is 12.1. The Bertz CT molecular complexity index is 714. The Labute approximate surface area is 156 Å². The summed E-state index contributed by atoms with van der Waals surface area (Å²) in [5.74, 6) is 0. The first kappa shape index (κ1) is 17.9. The smallest absolute Gasteiger partial charge is 0.331 e. The number of anilines is 1. The molecule has 3 N–H and O–H groups in total. The fourth-order valence-electron chi connectivity index (χ4n) is 4.36. The van der Waals surface area contributed by atoms with E-state index in [2.05, 4.69) is 21.0 Å². The summed E-state index contributed by atoms with van der Waals surface area (Å²) in [7, 11) is -1.40. The summed E-state index contributed by atoms with van der Waals surface area (Å²) in [6.07, 6.45) is 6.48. The monoisotopic (exact) mass is 377 g/mol. The highest BCUT2D eigenvalue weighted by Gasteiger charge is 2.35. The summed E-state index contributed by atoms with van der Waals surface area (Å²) in [5.41, 5.74) is 6.27. The molecule has 7 heteroatoms. The quantitative estimate of drug-likeness (QED) is 0.727. The number of benzene rings is 1. The van der Waals surface area contributed by atoms with Gasteiger partial charge in [-0.25, -0.2) is 9.00 Å². The first-order chi connectivity index (χ1) is 12.6. The van der Waals surface area contributed by atoms with Gasteiger partial charge in [-0.3, -0.25) is 9.62 Å². The molecule has 3 aliphatic rings. The number of rotatable bonds is 5. The molecule has 2 unspecified atom stereocenters. The molecule has 0 radical (unpaired) electrons. The van der Waals surface area contributed by atoms with Gasteiger partial charge in [-0.2, -0.15) is 0 Å². The van der Waals surface area contributed by atoms with Gasteiger partial charge in [0.25, 0.3) is 0 Å². The molecule has 0 bridgehead atoms. The molecule has 0 aromatic heterocycles. The highest BCUT2D eigenvalue weighted by molar-refractivity contribution is 7.84. The number of carbonyl (C=O) groups excluding carboxylic acids is 1. The minimum absolute atomic E-state index is 0.0676. The maximum Gasteiger partial charge on any atom is 0.331 e. The molecule has 0 saturated carbocycles. The van der Waals surface area contributed by atoms with E-state index in [9.17, 15) is 9.00 Å². The Kier molecular flexibility index (Phi) is 5.03. The minimum Gasteiger partial charge on any atom is -0.395 e. The lowest BCUT2D eigenvalue weighted by molar-refractivity contribution is 0.0860. The van der Waals surface area contributed by atoms with Crippen molar-refractivity contribution in [3.63, 3.8) is 0 Å². The predicted octanol–water partition coefficient (Wildman–Crippen LogP) is 1.51. The Hall–Kier alpha value is -1.44. The molecule has 2 atom stereocenters. The van der Waals surface area contributed by atoms with Crippen LogP contribution < -0.4 is 10.0 Å². The Balaban J connectivity index is 1.40. The van der Waals surface area contributed by atoms with Crippen molar-refractivity contribution < 1.29 is 14.1 Å². The molecule has 2 aliphatic carbocycles. The van der Waals surface area contributed by atoms with E-state index in [0.29, 0.717) is 13.1 Å². The van der Waals surface area contributed by atoms with E-state index in [1.807, 2.05) is 6.92 Å². The first-order valence-corrected chi connectivity index (χ1v) is 10.8. The van der Waals surface area contributed by atoms with Crippen LogP contribution in [0.5, 0.6) is 0 Å². The molecule has 1 fully saturated rings. The minimum atomic E-state index is -1.40. The molecule has 2 amide bonds. The fourth-order valence-corrected chi connectivity index (χ4v) is 5.42. The van der Waals surface area contributed by atoms with Gasteiger partial charge in [-0.1, -0.05) is 6.07 Å². The average Bonchev–Trinajstić information content (AvgIpc) is 3.21. The number of likely N-dealkylation sites (tertiary alicyclic amines) is 1. The maximum atomic E-state index is 12.5. The number of amides is 2. The van der Waals surface area contributed by atoms with Crippen LogP contribution in [0.3, 0.4) is 0 Å². The summed E-state index contributed by atoms with van der Waals surface area (Å²) >= 11 is 0. The van der Waals surface area contributed by atoms with Gasteiger partial charge in [0.05, 0.1) is 11.9 Å². The summed E-state index contributed by atoms with van der Waals surface area (Å²) in [6.45, 7) is 3.32. The topological polar surface area (TPSA) is 81.7 Å². The van der Waals surface area contributed by atoms with Crippen LogP contribution in [0.15, 0.2) is 6.07 Å². The zero-order valence-electron chi connectivity index (χ0n) is 15.2. The lowest BCUT2D eigenvalue weighted by atomic mass is 9.99. The normalized spacial score (nSPS) is 21.6. The Morgan fingerprint density at radius 3 is 2.42 bits per heavy atom. The first-order valence-electron chi connectivity index (χ1n) is 9.56. The van der Waals surface area contributed by atoms with E-state index >= 15 is 0 Å². The van der Waals surface area contributed by atoms with Gasteiger partial charge in [0.15, 0.2) is 0 Å². The van der Waals surface area contributed by atoms with Crippen molar-refractivity contribution in [1.82, 2.24) is 9.62 Å². The van der Waals surface area contributed by atoms with Gasteiger partial charge in [-0.15, -0.1) is 0 Å². The molecule has 6 nitrogen and oxygen atoms in total. The molecular weight excluding hydrogens is 350 g/mol. The second-order valence-corrected chi connectivity index (χ2v) is 9.16. The number of aryl methyl sites for hydroxylation is 2. The highest BCUT2D eigenvalue weighted by Crippen LogP contribution is 2.38. The van der Waals surface area contributed by atoms with E-state index in [0.717, 1.165) is 44.2 Å². The second kappa shape index (κ2) is 7.29. The van der Waals surface area contributed by atoms with E-state index in [1.165, 1.54) is 22.3 Å². The molecule has 0 spiro atoms. The van der Waals surface area contributed by atoms with E-state index < -0.39 is 11.0 Å². The highest BCUT2D eigenvalue weighted by atomic mass is 32.2. The van der Waals surface area contributed by atoms with Gasteiger partial charge in [0.1, 0.15) is 11.0 Å². The SMILES string of the molecule is CC(CO)N1CC(S(=O)NC(=O)Nc2c3c(cc4c2CCC4)CCC3)C1. The number of nitrogens with zero attached hydrogens (tertiary/aromatic N) is 1. The Morgan fingerprint density at radius 1 is 1.23 bits per heavy atom. The molecule has 1 heterocycles. The van der Waals surface area contributed by atoms with Crippen LogP contribution in [0.2, 0.25) is 0 Å². The number of hydrogen-bond acceptors (Lipinski definition) is 4. The molecule has 1 saturated heterocycles. The maximum absolute atomic E-state index is 12.5. The van der Waals surface area contributed by atoms with Crippen LogP contribution in [-0.4, -0.2) is 51.2 Å². The number of hydrogen-bond donors (Lipinski definition) is 3. The molecule has 1 aromatic rings. The van der Waals surface area contributed by atoms with Crippen molar-refractivity contribution in [1.29, 1.82) is 0 Å². The lowest BCUT2D eigenvalue weighted by Gasteiger charge is -2.41. The predicted molar refractivity (Wildman–Crippen MR) is 103 cm³/mol. The van der Waals surface area contributed by atoms with Crippen LogP contribution in [0.1, 0.15) is 42.0 Å². The number of fused-ring (bicyclic) bond motifs is 2. The summed E-state index contributed by atoms with van der Waals surface area (Å²) in [4.78, 5) is 14.5. The summed E-state index contributed by atoms with van der Waals surface area (Å²) in [6, 6.07) is 2.04. The van der Waals surface area contributed by atoms with Crippen molar-refractivity contribution >= 4 is 22.7 Å². The Morgan fingerprint density at radius 2 is 1.85 bits per heavy atom. The zero-order valence-corrected chi connectivity index (χ0v) is 16.0. The molecule has 4 rings (SSSR count). The molecule has 1 aromatic carbocycles. The van der Waals surface area contributed by atoms with Gasteiger partial charge < -0.3 is 10.4 Å². The fraction of sp³-hybridized carbons (Fsp3) is 0.632. The second-order valence-electron chi connectivity index (χ2n) is 7.70. The van der Waals surface area contributed by atoms with Crippen molar-refractivity contribution in [3.05, 3.63) is 28.3 Å². The summed E-state index contributed by atoms with van der Waals surface area (Å²) < 4.78 is 15.0. The van der Waals surface area contributed by atoms with E-state index in [1.54, 1.807) is 0 Å². The van der Waals surface area contributed by atoms with Gasteiger partial charge in [0.2, 0.25) is 0 Å². The van der Waals surface area contributed by atoms with Crippen molar-refractivity contribution in [2.45, 2.75) is 56.7 Å². The van der Waals surface area contributed by atoms with E-state index in [4.69, 9.17) is 5.11 Å². The number of urea groups is 1. The number of carbonyl (C=O) groups is 1. The van der Waals surface area contributed by atoms with Gasteiger partial charge in [-0.05, 0) is 67.7 Å².